The van der Waals surface area contributed by atoms with Crippen LogP contribution in [0.25, 0.3) is 0 Å². The molecule has 0 aliphatic carbocycles. The summed E-state index contributed by atoms with van der Waals surface area (Å²) in [7, 11) is 0. The molecule has 37 heavy (non-hydrogen) atoms. The van der Waals surface area contributed by atoms with Gasteiger partial charge in [0.1, 0.15) is 5.82 Å². The minimum absolute atomic E-state index is 0.0868. The van der Waals surface area contributed by atoms with E-state index in [-0.39, 0.29) is 43.4 Å². The molecule has 1 fully saturated rings. The minimum Gasteiger partial charge on any atom is -0.339 e. The zero-order valence-electron chi connectivity index (χ0n) is 19.6. The number of carbonyl (C=O) groups is 2. The fraction of sp³-hybridized carbons (Fsp3) is 0.522. The number of carbonyl (C=O) groups excluding carboxylic acids is 2. The van der Waals surface area contributed by atoms with Gasteiger partial charge in [-0.25, -0.2) is 18.2 Å². The first-order valence-electron chi connectivity index (χ1n) is 11.7. The van der Waals surface area contributed by atoms with Crippen LogP contribution in [0, 0.1) is 17.5 Å². The van der Waals surface area contributed by atoms with Crippen molar-refractivity contribution in [3.8, 4) is 0 Å². The van der Waals surface area contributed by atoms with E-state index in [4.69, 9.17) is 11.5 Å². The monoisotopic (exact) mass is 532 g/mol. The Morgan fingerprint density at radius 2 is 1.78 bits per heavy atom. The largest absolute Gasteiger partial charge is 0.449 e. The third-order valence-corrected chi connectivity index (χ3v) is 6.63. The Morgan fingerprint density at radius 1 is 1.08 bits per heavy atom. The second-order valence-electron chi connectivity index (χ2n) is 9.36. The minimum atomic E-state index is -4.76. The van der Waals surface area contributed by atoms with Gasteiger partial charge in [0.2, 0.25) is 11.7 Å². The van der Waals surface area contributed by atoms with Crippen LogP contribution in [0.15, 0.2) is 18.3 Å². The van der Waals surface area contributed by atoms with E-state index in [9.17, 15) is 35.9 Å². The molecule has 2 amide bonds. The van der Waals surface area contributed by atoms with Crippen molar-refractivity contribution in [3.05, 3.63) is 52.9 Å². The molecule has 4 N–H and O–H groups in total. The number of halogens is 6. The normalized spacial score (nSPS) is 21.1. The molecule has 2 unspecified atom stereocenters. The SMILES string of the molecule is NC(CC(=O)N1CCn2c(cnc2C(F)(F)F)[C@@H]1C(=O)N1CCCC(N)C1)Cc1cc(F)c(F)cc1F. The fourth-order valence-electron chi connectivity index (χ4n) is 4.89. The summed E-state index contributed by atoms with van der Waals surface area (Å²) in [6, 6.07) is -1.70. The zero-order valence-corrected chi connectivity index (χ0v) is 19.6. The first-order valence-corrected chi connectivity index (χ1v) is 11.7. The van der Waals surface area contributed by atoms with Crippen LogP contribution in [0.1, 0.15) is 42.4 Å². The van der Waals surface area contributed by atoms with Gasteiger partial charge in [0.25, 0.3) is 5.91 Å². The van der Waals surface area contributed by atoms with E-state index in [1.807, 2.05) is 0 Å². The van der Waals surface area contributed by atoms with Crippen molar-refractivity contribution in [1.29, 1.82) is 0 Å². The molecule has 3 atom stereocenters. The van der Waals surface area contributed by atoms with Gasteiger partial charge in [-0.1, -0.05) is 0 Å². The van der Waals surface area contributed by atoms with Crippen LogP contribution in [-0.2, 0) is 28.7 Å². The van der Waals surface area contributed by atoms with Crippen LogP contribution in [0.4, 0.5) is 26.3 Å². The lowest BCUT2D eigenvalue weighted by Gasteiger charge is -2.40. The Hall–Kier alpha value is -3.13. The summed E-state index contributed by atoms with van der Waals surface area (Å²) in [5.74, 6) is -6.08. The van der Waals surface area contributed by atoms with E-state index >= 15 is 0 Å². The maximum absolute atomic E-state index is 14.0. The molecule has 14 heteroatoms. The number of alkyl halides is 3. The van der Waals surface area contributed by atoms with Gasteiger partial charge in [-0.05, 0) is 30.9 Å². The number of hydrogen-bond donors (Lipinski definition) is 2. The lowest BCUT2D eigenvalue weighted by Crippen LogP contribution is -2.54. The topological polar surface area (TPSA) is 110 Å². The third-order valence-electron chi connectivity index (χ3n) is 6.63. The highest BCUT2D eigenvalue weighted by molar-refractivity contribution is 5.89. The first kappa shape index (κ1) is 26.9. The number of fused-ring (bicyclic) bond motifs is 1. The summed E-state index contributed by atoms with van der Waals surface area (Å²) >= 11 is 0. The standard InChI is InChI=1S/C23H26F6N6O2/c24-15-9-17(26)16(25)7-12(15)6-14(31)8-19(36)35-5-4-34-18(10-32-22(34)23(27,28)29)20(35)21(37)33-3-1-2-13(30)11-33/h7,9-10,13-14,20H,1-6,8,11,30-31H2/t13?,14?,20-/m1/s1. The first-order chi connectivity index (χ1) is 17.4. The van der Waals surface area contributed by atoms with Crippen molar-refractivity contribution in [3.63, 3.8) is 0 Å². The number of piperidine rings is 1. The van der Waals surface area contributed by atoms with E-state index in [2.05, 4.69) is 4.98 Å². The molecule has 2 aliphatic heterocycles. The van der Waals surface area contributed by atoms with Crippen molar-refractivity contribution in [2.75, 3.05) is 19.6 Å². The Kier molecular flexibility index (Phi) is 7.51. The molecule has 0 radical (unpaired) electrons. The van der Waals surface area contributed by atoms with Crippen LogP contribution in [0.2, 0.25) is 0 Å². The molecule has 4 rings (SSSR count). The predicted octanol–water partition coefficient (Wildman–Crippen LogP) is 2.11. The summed E-state index contributed by atoms with van der Waals surface area (Å²) in [6.07, 6.45) is -3.26. The van der Waals surface area contributed by atoms with Gasteiger partial charge < -0.3 is 25.8 Å². The molecular formula is C23H26F6N6O2. The summed E-state index contributed by atoms with van der Waals surface area (Å²) in [5, 5.41) is 0. The molecule has 0 spiro atoms. The number of nitrogens with zero attached hydrogens (tertiary/aromatic N) is 4. The molecule has 1 saturated heterocycles. The number of hydrogen-bond acceptors (Lipinski definition) is 5. The summed E-state index contributed by atoms with van der Waals surface area (Å²) < 4.78 is 82.1. The van der Waals surface area contributed by atoms with E-state index in [1.165, 1.54) is 4.90 Å². The Balaban J connectivity index is 1.59. The number of amides is 2. The molecular weight excluding hydrogens is 506 g/mol. The smallest absolute Gasteiger partial charge is 0.339 e. The van der Waals surface area contributed by atoms with Crippen molar-refractivity contribution in [2.24, 2.45) is 11.5 Å². The van der Waals surface area contributed by atoms with Crippen LogP contribution in [0.3, 0.4) is 0 Å². The summed E-state index contributed by atoms with van der Waals surface area (Å²) in [4.78, 5) is 32.8. The number of rotatable bonds is 5. The summed E-state index contributed by atoms with van der Waals surface area (Å²) in [6.45, 7) is 0.0346. The summed E-state index contributed by atoms with van der Waals surface area (Å²) in [5.41, 5.74) is 11.7. The van der Waals surface area contributed by atoms with Crippen molar-refractivity contribution in [1.82, 2.24) is 19.4 Å². The molecule has 2 aromatic rings. The number of likely N-dealkylation sites (tertiary alicyclic amines) is 1. The molecule has 3 heterocycles. The highest BCUT2D eigenvalue weighted by Crippen LogP contribution is 2.35. The Labute approximate surface area is 208 Å². The molecule has 8 nitrogen and oxygen atoms in total. The number of imidazole rings is 1. The molecule has 202 valence electrons. The predicted molar refractivity (Wildman–Crippen MR) is 118 cm³/mol. The average Bonchev–Trinajstić information content (AvgIpc) is 3.26. The average molecular weight is 532 g/mol. The lowest BCUT2D eigenvalue weighted by atomic mass is 10.00. The van der Waals surface area contributed by atoms with Crippen LogP contribution in [-0.4, -0.2) is 62.9 Å². The van der Waals surface area contributed by atoms with Gasteiger partial charge in [0.05, 0.1) is 11.9 Å². The molecule has 1 aromatic carbocycles. The fourth-order valence-corrected chi connectivity index (χ4v) is 4.89. The van der Waals surface area contributed by atoms with Gasteiger partial charge >= 0.3 is 6.18 Å². The van der Waals surface area contributed by atoms with E-state index in [1.54, 1.807) is 0 Å². The lowest BCUT2D eigenvalue weighted by molar-refractivity contribution is -0.152. The van der Waals surface area contributed by atoms with Crippen LogP contribution >= 0.6 is 0 Å². The molecule has 2 aliphatic rings. The van der Waals surface area contributed by atoms with E-state index < -0.39 is 59.8 Å². The Morgan fingerprint density at radius 3 is 2.46 bits per heavy atom. The highest BCUT2D eigenvalue weighted by atomic mass is 19.4. The maximum Gasteiger partial charge on any atom is 0.449 e. The van der Waals surface area contributed by atoms with Crippen molar-refractivity contribution in [2.45, 2.75) is 56.5 Å². The van der Waals surface area contributed by atoms with Gasteiger partial charge in [-0.2, -0.15) is 13.2 Å². The van der Waals surface area contributed by atoms with Gasteiger partial charge in [0, 0.05) is 50.7 Å². The molecule has 0 saturated carbocycles. The van der Waals surface area contributed by atoms with Crippen molar-refractivity contribution < 1.29 is 35.9 Å². The number of aromatic nitrogens is 2. The number of nitrogens with two attached hydrogens (primary N) is 2. The van der Waals surface area contributed by atoms with Crippen LogP contribution in [0.5, 0.6) is 0 Å². The van der Waals surface area contributed by atoms with Gasteiger partial charge in [-0.3, -0.25) is 9.59 Å². The second kappa shape index (κ2) is 10.3. The molecule has 0 bridgehead atoms. The van der Waals surface area contributed by atoms with E-state index in [0.717, 1.165) is 15.7 Å². The molecule has 1 aromatic heterocycles. The van der Waals surface area contributed by atoms with Gasteiger partial charge in [0.15, 0.2) is 17.7 Å². The zero-order chi connectivity index (χ0) is 27.1. The van der Waals surface area contributed by atoms with Crippen LogP contribution < -0.4 is 11.5 Å². The second-order valence-corrected chi connectivity index (χ2v) is 9.36. The quantitative estimate of drug-likeness (QED) is 0.453. The number of benzene rings is 1. The van der Waals surface area contributed by atoms with Gasteiger partial charge in [-0.15, -0.1) is 0 Å². The third kappa shape index (κ3) is 5.59. The van der Waals surface area contributed by atoms with Crippen molar-refractivity contribution >= 4 is 11.8 Å². The van der Waals surface area contributed by atoms with E-state index in [0.29, 0.717) is 31.5 Å². The maximum atomic E-state index is 14.0. The Bertz CT molecular complexity index is 1190. The highest BCUT2D eigenvalue weighted by Gasteiger charge is 2.45.